The van der Waals surface area contributed by atoms with Crippen molar-refractivity contribution in [3.63, 3.8) is 0 Å². The number of benzene rings is 2. The summed E-state index contributed by atoms with van der Waals surface area (Å²) in [5.74, 6) is -0.211. The van der Waals surface area contributed by atoms with Gasteiger partial charge >= 0.3 is 5.69 Å². The van der Waals surface area contributed by atoms with Crippen LogP contribution in [0.4, 0.5) is 0 Å². The van der Waals surface area contributed by atoms with Crippen LogP contribution < -0.4 is 11.2 Å². The molecule has 0 fully saturated rings. The van der Waals surface area contributed by atoms with Gasteiger partial charge in [0.1, 0.15) is 4.83 Å². The van der Waals surface area contributed by atoms with Crippen LogP contribution in [0.15, 0.2) is 64.2 Å². The Bertz CT molecular complexity index is 1380. The van der Waals surface area contributed by atoms with Gasteiger partial charge in [-0.1, -0.05) is 41.9 Å². The van der Waals surface area contributed by atoms with Crippen molar-refractivity contribution in [2.75, 3.05) is 0 Å². The summed E-state index contributed by atoms with van der Waals surface area (Å²) >= 11 is 7.29. The normalized spacial score (nSPS) is 11.2. The Morgan fingerprint density at radius 1 is 0.968 bits per heavy atom. The number of thiophene rings is 1. The number of aryl methyl sites for hydroxylation is 3. The zero-order valence-corrected chi connectivity index (χ0v) is 18.8. The Morgan fingerprint density at radius 2 is 1.65 bits per heavy atom. The minimum atomic E-state index is -0.461. The number of fused-ring (bicyclic) bond motifs is 1. The maximum absolute atomic E-state index is 13.3. The van der Waals surface area contributed by atoms with E-state index >= 15 is 0 Å². The molecule has 2 heterocycles. The van der Waals surface area contributed by atoms with Gasteiger partial charge in [0.05, 0.1) is 11.9 Å². The van der Waals surface area contributed by atoms with Gasteiger partial charge in [-0.25, -0.2) is 4.79 Å². The average Bonchev–Trinajstić information content (AvgIpc) is 3.06. The highest BCUT2D eigenvalue weighted by Crippen LogP contribution is 2.27. The van der Waals surface area contributed by atoms with Gasteiger partial charge in [0.15, 0.2) is 5.78 Å². The number of aromatic nitrogens is 2. The number of Topliss-reactive ketones (excluding diaryl/α,β-unsaturated/α-hetero) is 1. The summed E-state index contributed by atoms with van der Waals surface area (Å²) in [7, 11) is 0. The highest BCUT2D eigenvalue weighted by atomic mass is 35.5. The molecule has 2 aromatic carbocycles. The SMILES string of the molecule is Cc1sc2c(c1C)c(=O)n(CCc1ccccc1)c(=O)n2CC(=O)c1ccc(Cl)cc1. The van der Waals surface area contributed by atoms with E-state index in [1.165, 1.54) is 20.5 Å². The van der Waals surface area contributed by atoms with Crippen molar-refractivity contribution < 1.29 is 4.79 Å². The summed E-state index contributed by atoms with van der Waals surface area (Å²) in [5.41, 5.74) is 1.60. The zero-order chi connectivity index (χ0) is 22.1. The van der Waals surface area contributed by atoms with E-state index in [0.717, 1.165) is 16.0 Å². The topological polar surface area (TPSA) is 61.1 Å². The molecular formula is C24H21ClN2O3S. The van der Waals surface area contributed by atoms with Gasteiger partial charge < -0.3 is 0 Å². The largest absolute Gasteiger partial charge is 0.332 e. The Morgan fingerprint density at radius 3 is 2.32 bits per heavy atom. The van der Waals surface area contributed by atoms with E-state index in [1.54, 1.807) is 24.3 Å². The number of carbonyl (C=O) groups excluding carboxylic acids is 1. The van der Waals surface area contributed by atoms with Crippen molar-refractivity contribution in [1.82, 2.24) is 9.13 Å². The lowest BCUT2D eigenvalue weighted by atomic mass is 10.1. The predicted molar refractivity (Wildman–Crippen MR) is 126 cm³/mol. The van der Waals surface area contributed by atoms with Crippen molar-refractivity contribution in [2.45, 2.75) is 33.4 Å². The third-order valence-electron chi connectivity index (χ3n) is 5.47. The maximum atomic E-state index is 13.3. The summed E-state index contributed by atoms with van der Waals surface area (Å²) in [6.45, 7) is 3.92. The predicted octanol–water partition coefficient (Wildman–Crippen LogP) is 4.62. The van der Waals surface area contributed by atoms with Gasteiger partial charge in [-0.05, 0) is 55.7 Å². The Kier molecular flexibility index (Phi) is 5.94. The molecule has 0 spiro atoms. The van der Waals surface area contributed by atoms with E-state index in [-0.39, 0.29) is 24.4 Å². The number of ketones is 1. The molecule has 0 saturated heterocycles. The second kappa shape index (κ2) is 8.65. The molecule has 31 heavy (non-hydrogen) atoms. The van der Waals surface area contributed by atoms with E-state index in [1.807, 2.05) is 44.2 Å². The van der Waals surface area contributed by atoms with E-state index in [4.69, 9.17) is 11.6 Å². The molecule has 4 aromatic rings. The third-order valence-corrected chi connectivity index (χ3v) is 6.95. The fraction of sp³-hybridized carbons (Fsp3) is 0.208. The van der Waals surface area contributed by atoms with E-state index < -0.39 is 5.69 Å². The molecule has 0 aliphatic carbocycles. The smallest absolute Gasteiger partial charge is 0.292 e. The lowest BCUT2D eigenvalue weighted by Crippen LogP contribution is -2.41. The molecule has 4 rings (SSSR count). The van der Waals surface area contributed by atoms with Crippen molar-refractivity contribution in [2.24, 2.45) is 0 Å². The van der Waals surface area contributed by atoms with Crippen molar-refractivity contribution >= 4 is 38.9 Å². The van der Waals surface area contributed by atoms with Gasteiger partial charge in [0.2, 0.25) is 0 Å². The van der Waals surface area contributed by atoms with E-state index in [9.17, 15) is 14.4 Å². The quantitative estimate of drug-likeness (QED) is 0.401. The number of carbonyl (C=O) groups is 1. The van der Waals surface area contributed by atoms with Gasteiger partial charge in [-0.3, -0.25) is 18.7 Å². The molecule has 0 aliphatic heterocycles. The van der Waals surface area contributed by atoms with Crippen LogP contribution in [0.2, 0.25) is 5.02 Å². The van der Waals surface area contributed by atoms with Gasteiger partial charge in [-0.2, -0.15) is 0 Å². The van der Waals surface area contributed by atoms with Crippen LogP contribution in [-0.4, -0.2) is 14.9 Å². The molecule has 2 aromatic heterocycles. The van der Waals surface area contributed by atoms with Crippen LogP contribution in [0.3, 0.4) is 0 Å². The minimum absolute atomic E-state index is 0.137. The van der Waals surface area contributed by atoms with E-state index in [0.29, 0.717) is 27.2 Å². The minimum Gasteiger partial charge on any atom is -0.292 e. The fourth-order valence-corrected chi connectivity index (χ4v) is 4.86. The fourth-order valence-electron chi connectivity index (χ4n) is 3.60. The first kappa shape index (κ1) is 21.3. The van der Waals surface area contributed by atoms with Crippen LogP contribution >= 0.6 is 22.9 Å². The van der Waals surface area contributed by atoms with Crippen LogP contribution in [0.5, 0.6) is 0 Å². The van der Waals surface area contributed by atoms with Crippen molar-refractivity contribution in [3.8, 4) is 0 Å². The second-order valence-corrected chi connectivity index (χ2v) is 9.09. The Balaban J connectivity index is 1.80. The van der Waals surface area contributed by atoms with Crippen LogP contribution in [0.25, 0.3) is 10.2 Å². The lowest BCUT2D eigenvalue weighted by molar-refractivity contribution is 0.0971. The molecule has 0 unspecified atom stereocenters. The number of hydrogen-bond donors (Lipinski definition) is 0. The first-order valence-electron chi connectivity index (χ1n) is 9.93. The molecular weight excluding hydrogens is 432 g/mol. The van der Waals surface area contributed by atoms with Crippen LogP contribution in [0, 0.1) is 13.8 Å². The second-order valence-electron chi connectivity index (χ2n) is 7.45. The van der Waals surface area contributed by atoms with Crippen LogP contribution in [-0.2, 0) is 19.5 Å². The molecule has 0 N–H and O–H groups in total. The summed E-state index contributed by atoms with van der Waals surface area (Å²) in [4.78, 5) is 40.9. The summed E-state index contributed by atoms with van der Waals surface area (Å²) in [5, 5.41) is 1.05. The molecule has 0 radical (unpaired) electrons. The number of nitrogens with zero attached hydrogens (tertiary/aromatic N) is 2. The number of halogens is 1. The maximum Gasteiger partial charge on any atom is 0.332 e. The molecule has 0 amide bonds. The summed E-state index contributed by atoms with van der Waals surface area (Å²) < 4.78 is 2.69. The molecule has 0 aliphatic rings. The Hall–Kier alpha value is -2.96. The molecule has 7 heteroatoms. The molecule has 158 valence electrons. The number of hydrogen-bond acceptors (Lipinski definition) is 4. The third kappa shape index (κ3) is 4.13. The number of rotatable bonds is 6. The van der Waals surface area contributed by atoms with E-state index in [2.05, 4.69) is 0 Å². The molecule has 0 atom stereocenters. The monoisotopic (exact) mass is 452 g/mol. The highest BCUT2D eigenvalue weighted by Gasteiger charge is 2.20. The zero-order valence-electron chi connectivity index (χ0n) is 17.2. The van der Waals surface area contributed by atoms with Crippen LogP contribution in [0.1, 0.15) is 26.4 Å². The first-order valence-corrected chi connectivity index (χ1v) is 11.1. The van der Waals surface area contributed by atoms with Gasteiger partial charge in [-0.15, -0.1) is 11.3 Å². The molecule has 5 nitrogen and oxygen atoms in total. The standard InChI is InChI=1S/C24H21ClN2O3S/c1-15-16(2)31-23-21(15)22(29)26(13-12-17-6-4-3-5-7-17)24(30)27(23)14-20(28)18-8-10-19(25)11-9-18/h3-11H,12-14H2,1-2H3. The summed E-state index contributed by atoms with van der Waals surface area (Å²) in [6, 6.07) is 16.3. The lowest BCUT2D eigenvalue weighted by Gasteiger charge is -2.12. The molecule has 0 saturated carbocycles. The first-order chi connectivity index (χ1) is 14.9. The summed E-state index contributed by atoms with van der Waals surface area (Å²) in [6.07, 6.45) is 0.550. The Labute approximate surface area is 188 Å². The van der Waals surface area contributed by atoms with Crippen molar-refractivity contribution in [1.29, 1.82) is 0 Å². The highest BCUT2D eigenvalue weighted by molar-refractivity contribution is 7.18. The average molecular weight is 453 g/mol. The van der Waals surface area contributed by atoms with Gasteiger partial charge in [0, 0.05) is 22.0 Å². The van der Waals surface area contributed by atoms with Crippen molar-refractivity contribution in [3.05, 3.63) is 102 Å². The van der Waals surface area contributed by atoms with Gasteiger partial charge in [0.25, 0.3) is 5.56 Å². The molecule has 0 bridgehead atoms.